The highest BCUT2D eigenvalue weighted by Crippen LogP contribution is 2.28. The molecule has 1 unspecified atom stereocenters. The van der Waals surface area contributed by atoms with E-state index in [4.69, 9.17) is 17.3 Å². The number of phenols is 1. The van der Waals surface area contributed by atoms with Crippen molar-refractivity contribution in [3.05, 3.63) is 51.2 Å². The molecule has 2 aromatic rings. The van der Waals surface area contributed by atoms with E-state index in [0.29, 0.717) is 17.5 Å². The van der Waals surface area contributed by atoms with Crippen LogP contribution in [0.1, 0.15) is 16.4 Å². The average Bonchev–Trinajstić information content (AvgIpc) is 2.84. The van der Waals surface area contributed by atoms with Crippen molar-refractivity contribution in [1.82, 2.24) is 0 Å². The van der Waals surface area contributed by atoms with Gasteiger partial charge in [-0.25, -0.2) is 0 Å². The summed E-state index contributed by atoms with van der Waals surface area (Å²) in [4.78, 5) is 1.29. The van der Waals surface area contributed by atoms with Crippen LogP contribution in [0.5, 0.6) is 5.75 Å². The Morgan fingerprint density at radius 3 is 2.76 bits per heavy atom. The zero-order chi connectivity index (χ0) is 12.3. The molecule has 2 rings (SSSR count). The number of benzene rings is 1. The summed E-state index contributed by atoms with van der Waals surface area (Å²) in [5.41, 5.74) is 6.90. The lowest BCUT2D eigenvalue weighted by molar-refractivity contribution is 0.475. The van der Waals surface area contributed by atoms with Gasteiger partial charge in [0.1, 0.15) is 5.75 Å². The van der Waals surface area contributed by atoms with E-state index in [2.05, 4.69) is 11.4 Å². The fraction of sp³-hybridized carbons (Fsp3) is 0.231. The first kappa shape index (κ1) is 12.4. The fourth-order valence-electron chi connectivity index (χ4n) is 1.79. The molecule has 0 saturated carbocycles. The van der Waals surface area contributed by atoms with Crippen LogP contribution in [-0.2, 0) is 6.42 Å². The van der Waals surface area contributed by atoms with E-state index < -0.39 is 0 Å². The monoisotopic (exact) mass is 267 g/mol. The lowest BCUT2D eigenvalue weighted by Gasteiger charge is -2.13. The van der Waals surface area contributed by atoms with E-state index in [9.17, 15) is 5.11 Å². The average molecular weight is 268 g/mol. The number of hydrogen-bond acceptors (Lipinski definition) is 3. The minimum Gasteiger partial charge on any atom is -0.506 e. The summed E-state index contributed by atoms with van der Waals surface area (Å²) in [6, 6.07) is 9.45. The minimum absolute atomic E-state index is 0.121. The Morgan fingerprint density at radius 2 is 2.18 bits per heavy atom. The van der Waals surface area contributed by atoms with Crippen molar-refractivity contribution in [2.75, 3.05) is 6.54 Å². The van der Waals surface area contributed by atoms with Gasteiger partial charge >= 0.3 is 0 Å². The molecule has 0 fully saturated rings. The molecule has 0 amide bonds. The topological polar surface area (TPSA) is 46.2 Å². The third-order valence-electron chi connectivity index (χ3n) is 2.72. The van der Waals surface area contributed by atoms with Gasteiger partial charge in [0.2, 0.25) is 0 Å². The van der Waals surface area contributed by atoms with Gasteiger partial charge in [-0.1, -0.05) is 23.7 Å². The molecular formula is C13H14ClNOS. The quantitative estimate of drug-likeness (QED) is 0.892. The van der Waals surface area contributed by atoms with Crippen molar-refractivity contribution >= 4 is 22.9 Å². The van der Waals surface area contributed by atoms with Crippen LogP contribution in [0.4, 0.5) is 0 Å². The van der Waals surface area contributed by atoms with Crippen LogP contribution in [0.3, 0.4) is 0 Å². The maximum atomic E-state index is 9.36. The summed E-state index contributed by atoms with van der Waals surface area (Å²) >= 11 is 7.61. The molecule has 17 heavy (non-hydrogen) atoms. The van der Waals surface area contributed by atoms with Crippen LogP contribution in [0, 0.1) is 0 Å². The summed E-state index contributed by atoms with van der Waals surface area (Å²) in [7, 11) is 0. The summed E-state index contributed by atoms with van der Waals surface area (Å²) in [6.45, 7) is 0.610. The number of nitrogens with two attached hydrogens (primary N) is 1. The van der Waals surface area contributed by atoms with E-state index in [1.54, 1.807) is 23.5 Å². The van der Waals surface area contributed by atoms with Crippen LogP contribution in [0.25, 0.3) is 0 Å². The molecule has 1 aromatic heterocycles. The van der Waals surface area contributed by atoms with Gasteiger partial charge in [-0.15, -0.1) is 11.3 Å². The standard InChI is InChI=1S/C13H14ClNOS/c14-11-7-9(3-4-12(11)16)6-10(8-15)13-2-1-5-17-13/h1-5,7,10,16H,6,8,15H2. The van der Waals surface area contributed by atoms with Gasteiger partial charge in [-0.3, -0.25) is 0 Å². The highest BCUT2D eigenvalue weighted by atomic mass is 35.5. The van der Waals surface area contributed by atoms with Gasteiger partial charge < -0.3 is 10.8 Å². The fourth-order valence-corrected chi connectivity index (χ4v) is 2.83. The third-order valence-corrected chi connectivity index (χ3v) is 4.06. The smallest absolute Gasteiger partial charge is 0.134 e. The van der Waals surface area contributed by atoms with E-state index in [1.807, 2.05) is 12.1 Å². The van der Waals surface area contributed by atoms with Gasteiger partial charge in [0, 0.05) is 17.3 Å². The molecule has 0 aliphatic rings. The number of phenolic OH excluding ortho intramolecular Hbond substituents is 1. The molecule has 1 atom stereocenters. The van der Waals surface area contributed by atoms with Crippen molar-refractivity contribution in [2.45, 2.75) is 12.3 Å². The van der Waals surface area contributed by atoms with E-state index in [0.717, 1.165) is 12.0 Å². The normalized spacial score (nSPS) is 12.6. The first-order valence-electron chi connectivity index (χ1n) is 5.41. The summed E-state index contributed by atoms with van der Waals surface area (Å²) in [6.07, 6.45) is 0.844. The Labute approximate surface area is 110 Å². The molecule has 4 heteroatoms. The zero-order valence-electron chi connectivity index (χ0n) is 9.27. The van der Waals surface area contributed by atoms with Crippen LogP contribution >= 0.6 is 22.9 Å². The molecule has 0 saturated heterocycles. The van der Waals surface area contributed by atoms with Crippen LogP contribution < -0.4 is 5.73 Å². The highest BCUT2D eigenvalue weighted by molar-refractivity contribution is 7.10. The van der Waals surface area contributed by atoms with Crippen LogP contribution in [-0.4, -0.2) is 11.7 Å². The van der Waals surface area contributed by atoms with Crippen LogP contribution in [0.15, 0.2) is 35.7 Å². The first-order valence-corrected chi connectivity index (χ1v) is 6.67. The second-order valence-corrected chi connectivity index (χ2v) is 5.32. The van der Waals surface area contributed by atoms with E-state index in [1.165, 1.54) is 4.88 Å². The predicted octanol–water partition coefficient (Wildman–Crippen LogP) is 3.39. The Kier molecular flexibility index (Phi) is 4.05. The molecule has 3 N–H and O–H groups in total. The molecule has 0 aliphatic heterocycles. The molecular weight excluding hydrogens is 254 g/mol. The third kappa shape index (κ3) is 3.00. The molecule has 1 aromatic carbocycles. The van der Waals surface area contributed by atoms with Crippen molar-refractivity contribution < 1.29 is 5.11 Å². The van der Waals surface area contributed by atoms with Gasteiger partial charge in [0.15, 0.2) is 0 Å². The first-order chi connectivity index (χ1) is 8.20. The van der Waals surface area contributed by atoms with Crippen LogP contribution in [0.2, 0.25) is 5.02 Å². The molecule has 0 aliphatic carbocycles. The van der Waals surface area contributed by atoms with E-state index >= 15 is 0 Å². The van der Waals surface area contributed by atoms with Gasteiger partial charge in [0.25, 0.3) is 0 Å². The molecule has 1 heterocycles. The molecule has 0 spiro atoms. The number of halogens is 1. The summed E-state index contributed by atoms with van der Waals surface area (Å²) in [5.74, 6) is 0.437. The maximum absolute atomic E-state index is 9.36. The maximum Gasteiger partial charge on any atom is 0.134 e. The Hall–Kier alpha value is -1.03. The molecule has 0 bridgehead atoms. The molecule has 90 valence electrons. The number of rotatable bonds is 4. The van der Waals surface area contributed by atoms with Gasteiger partial charge in [-0.05, 0) is 35.6 Å². The Balaban J connectivity index is 2.16. The molecule has 0 radical (unpaired) electrons. The lowest BCUT2D eigenvalue weighted by atomic mass is 9.98. The van der Waals surface area contributed by atoms with Crippen molar-refractivity contribution in [2.24, 2.45) is 5.73 Å². The Bertz CT molecular complexity index is 484. The van der Waals surface area contributed by atoms with Gasteiger partial charge in [0.05, 0.1) is 5.02 Å². The van der Waals surface area contributed by atoms with Crippen molar-refractivity contribution in [3.63, 3.8) is 0 Å². The summed E-state index contributed by atoms with van der Waals surface area (Å²) in [5, 5.41) is 11.8. The lowest BCUT2D eigenvalue weighted by Crippen LogP contribution is -2.13. The summed E-state index contributed by atoms with van der Waals surface area (Å²) < 4.78 is 0. The SMILES string of the molecule is NCC(Cc1ccc(O)c(Cl)c1)c1cccs1. The Morgan fingerprint density at radius 1 is 1.35 bits per heavy atom. The molecule has 2 nitrogen and oxygen atoms in total. The largest absolute Gasteiger partial charge is 0.506 e. The zero-order valence-corrected chi connectivity index (χ0v) is 10.8. The van der Waals surface area contributed by atoms with Crippen molar-refractivity contribution in [3.8, 4) is 5.75 Å². The second kappa shape index (κ2) is 5.54. The number of aromatic hydroxyl groups is 1. The van der Waals surface area contributed by atoms with E-state index in [-0.39, 0.29) is 5.75 Å². The number of hydrogen-bond donors (Lipinski definition) is 2. The highest BCUT2D eigenvalue weighted by Gasteiger charge is 2.12. The van der Waals surface area contributed by atoms with Crippen molar-refractivity contribution in [1.29, 1.82) is 0 Å². The minimum atomic E-state index is 0.121. The predicted molar refractivity (Wildman–Crippen MR) is 72.9 cm³/mol. The number of thiophene rings is 1. The second-order valence-electron chi connectivity index (χ2n) is 3.94. The van der Waals surface area contributed by atoms with Gasteiger partial charge in [-0.2, -0.15) is 0 Å².